The molecular weight excluding hydrogens is 290 g/mol. The van der Waals surface area contributed by atoms with E-state index in [4.69, 9.17) is 4.79 Å². The molecule has 0 aliphatic carbocycles. The third-order valence-electron chi connectivity index (χ3n) is 1.67. The predicted molar refractivity (Wildman–Crippen MR) is 85.7 cm³/mol. The van der Waals surface area contributed by atoms with Crippen molar-refractivity contribution in [3.8, 4) is 0 Å². The zero-order valence-corrected chi connectivity index (χ0v) is 10.8. The first kappa shape index (κ1) is 31.9. The first-order valence-corrected chi connectivity index (χ1v) is 5.43. The van der Waals surface area contributed by atoms with E-state index in [9.17, 15) is 19.2 Å². The van der Waals surface area contributed by atoms with Crippen LogP contribution in [0.3, 0.4) is 0 Å². The summed E-state index contributed by atoms with van der Waals surface area (Å²) < 4.78 is 0. The first-order valence-electron chi connectivity index (χ1n) is 5.43. The van der Waals surface area contributed by atoms with Crippen molar-refractivity contribution in [3.63, 3.8) is 0 Å². The summed E-state index contributed by atoms with van der Waals surface area (Å²) in [7, 11) is 0. The minimum absolute atomic E-state index is 0. The van der Waals surface area contributed by atoms with E-state index in [0.29, 0.717) is 11.3 Å². The lowest BCUT2D eigenvalue weighted by atomic mass is 10.3. The van der Waals surface area contributed by atoms with Gasteiger partial charge in [0.2, 0.25) is 0 Å². The van der Waals surface area contributed by atoms with Crippen LogP contribution in [0.5, 0.6) is 0 Å². The molecule has 1 aliphatic heterocycles. The third kappa shape index (κ3) is 14.1. The van der Waals surface area contributed by atoms with Gasteiger partial charge in [-0.25, -0.2) is 4.79 Å². The molecule has 7 nitrogen and oxygen atoms in total. The first-order chi connectivity index (χ1) is 9.06. The van der Waals surface area contributed by atoms with Crippen LogP contribution in [0.1, 0.15) is 54.9 Å². The average Bonchev–Trinajstić information content (AvgIpc) is 2.71. The van der Waals surface area contributed by atoms with Gasteiger partial charge in [0.15, 0.2) is 0 Å². The quantitative estimate of drug-likeness (QED) is 0.448. The average molecular weight is 319 g/mol. The van der Waals surface area contributed by atoms with Crippen LogP contribution >= 0.6 is 0 Å². The Morgan fingerprint density at radius 2 is 1.55 bits per heavy atom. The molecule has 22 heavy (non-hydrogen) atoms. The van der Waals surface area contributed by atoms with Crippen molar-refractivity contribution in [3.05, 3.63) is 12.7 Å². The molecule has 1 rings (SSSR count). The van der Waals surface area contributed by atoms with Gasteiger partial charge in [0.25, 0.3) is 11.8 Å². The molecule has 0 atom stereocenters. The van der Waals surface area contributed by atoms with Gasteiger partial charge >= 0.3 is 5.97 Å². The van der Waals surface area contributed by atoms with E-state index in [1.54, 1.807) is 6.08 Å². The number of nitrogens with zero attached hydrogens (tertiary/aromatic N) is 1. The Bertz CT molecular complexity index is 325. The molecule has 1 aliphatic rings. The van der Waals surface area contributed by atoms with E-state index in [0.717, 1.165) is 0 Å². The highest BCUT2D eigenvalue weighted by Gasteiger charge is 2.32. The fourth-order valence-electron chi connectivity index (χ4n) is 0.982. The lowest BCUT2D eigenvalue weighted by Gasteiger charge is -2.11. The summed E-state index contributed by atoms with van der Waals surface area (Å²) in [4.78, 5) is 55.2. The van der Waals surface area contributed by atoms with Gasteiger partial charge < -0.3 is 14.4 Å². The number of hydrogen-bond acceptors (Lipinski definition) is 6. The van der Waals surface area contributed by atoms with Crippen molar-refractivity contribution < 1.29 is 28.8 Å². The van der Waals surface area contributed by atoms with Crippen molar-refractivity contribution in [1.82, 2.24) is 5.06 Å². The normalized spacial score (nSPS) is 10.9. The van der Waals surface area contributed by atoms with E-state index in [1.807, 2.05) is 13.7 Å². The minimum atomic E-state index is -0.749. The van der Waals surface area contributed by atoms with E-state index >= 15 is 0 Å². The third-order valence-corrected chi connectivity index (χ3v) is 1.67. The zero-order chi connectivity index (χ0) is 15.3. The number of imide groups is 1. The Balaban J connectivity index is -0.000000108. The van der Waals surface area contributed by atoms with Crippen molar-refractivity contribution >= 4 is 30.9 Å². The summed E-state index contributed by atoms with van der Waals surface area (Å²) in [5.74, 6) is -1.79. The standard InChI is InChI=1S/C8H9NO5.C3H6.CH2O.3CH4/c10-5-1-2-8(13)14-9-6(11)3-4-7(9)12;1-3-2;1-2;;;/h5H,1-4H2;3H,1H2,2H3;1H2;3*1H4. The Kier molecular flexibility index (Phi) is 30.4. The number of carbonyl (C=O) groups excluding carboxylic acids is 5. The van der Waals surface area contributed by atoms with E-state index < -0.39 is 17.8 Å². The number of aldehydes is 1. The molecule has 0 spiro atoms. The molecule has 2 amide bonds. The number of hydrogen-bond donors (Lipinski definition) is 0. The predicted octanol–water partition coefficient (Wildman–Crippen LogP) is 2.49. The monoisotopic (exact) mass is 319 g/mol. The zero-order valence-electron chi connectivity index (χ0n) is 10.8. The van der Waals surface area contributed by atoms with Gasteiger partial charge in [-0.05, 0) is 6.92 Å². The highest BCUT2D eigenvalue weighted by atomic mass is 16.7. The van der Waals surface area contributed by atoms with Gasteiger partial charge in [0.1, 0.15) is 13.1 Å². The molecule has 0 aromatic heterocycles. The highest BCUT2D eigenvalue weighted by molar-refractivity contribution is 6.01. The fourth-order valence-corrected chi connectivity index (χ4v) is 0.982. The minimum Gasteiger partial charge on any atom is -0.330 e. The Morgan fingerprint density at radius 1 is 1.18 bits per heavy atom. The maximum Gasteiger partial charge on any atom is 0.333 e. The van der Waals surface area contributed by atoms with Crippen molar-refractivity contribution in [2.24, 2.45) is 0 Å². The topological polar surface area (TPSA) is 97.8 Å². The molecule has 1 fully saturated rings. The molecule has 1 heterocycles. The smallest absolute Gasteiger partial charge is 0.330 e. The number of hydroxylamine groups is 2. The van der Waals surface area contributed by atoms with Crippen LogP contribution < -0.4 is 0 Å². The van der Waals surface area contributed by atoms with E-state index in [2.05, 4.69) is 11.4 Å². The SMILES string of the molecule is C.C.C.C=CC.C=O.O=CCCC(=O)ON1C(=O)CCC1=O. The van der Waals surface area contributed by atoms with Crippen LogP contribution in [-0.4, -0.2) is 35.9 Å². The van der Waals surface area contributed by atoms with Gasteiger partial charge in [0.05, 0.1) is 6.42 Å². The maximum atomic E-state index is 11.0. The number of allylic oxidation sites excluding steroid dienone is 1. The second-order valence-corrected chi connectivity index (χ2v) is 3.16. The van der Waals surface area contributed by atoms with E-state index in [-0.39, 0.29) is 48.0 Å². The van der Waals surface area contributed by atoms with Crippen LogP contribution in [-0.2, 0) is 28.8 Å². The Hall–Kier alpha value is -2.31. The number of amides is 2. The summed E-state index contributed by atoms with van der Waals surface area (Å²) in [5.41, 5.74) is 0. The van der Waals surface area contributed by atoms with Crippen LogP contribution in [0.15, 0.2) is 12.7 Å². The summed E-state index contributed by atoms with van der Waals surface area (Å²) in [6.45, 7) is 7.25. The van der Waals surface area contributed by atoms with Crippen molar-refractivity contribution in [1.29, 1.82) is 0 Å². The molecule has 0 aromatic rings. The van der Waals surface area contributed by atoms with E-state index in [1.165, 1.54) is 0 Å². The molecule has 0 aromatic carbocycles. The Labute approximate surface area is 133 Å². The molecule has 0 saturated carbocycles. The molecule has 0 unspecified atom stereocenters. The molecule has 1 saturated heterocycles. The van der Waals surface area contributed by atoms with Gasteiger partial charge in [0, 0.05) is 19.3 Å². The summed E-state index contributed by atoms with van der Waals surface area (Å²) in [6, 6.07) is 0. The Morgan fingerprint density at radius 3 is 1.86 bits per heavy atom. The van der Waals surface area contributed by atoms with Gasteiger partial charge in [-0.15, -0.1) is 11.6 Å². The van der Waals surface area contributed by atoms with Gasteiger partial charge in [-0.2, -0.15) is 0 Å². The molecular formula is C15H29NO6. The maximum absolute atomic E-state index is 11.0. The lowest BCUT2D eigenvalue weighted by molar-refractivity contribution is -0.197. The van der Waals surface area contributed by atoms with Crippen molar-refractivity contribution in [2.75, 3.05) is 0 Å². The second-order valence-electron chi connectivity index (χ2n) is 3.16. The molecule has 0 radical (unpaired) electrons. The van der Waals surface area contributed by atoms with Crippen molar-refractivity contribution in [2.45, 2.75) is 54.9 Å². The number of rotatable bonds is 4. The number of carbonyl (C=O) groups is 5. The second kappa shape index (κ2) is 21.0. The molecule has 130 valence electrons. The fraction of sp³-hybridized carbons (Fsp3) is 0.533. The van der Waals surface area contributed by atoms with Gasteiger partial charge in [-0.3, -0.25) is 9.59 Å². The summed E-state index contributed by atoms with van der Waals surface area (Å²) in [6.07, 6.45) is 2.35. The van der Waals surface area contributed by atoms with Crippen LogP contribution in [0.2, 0.25) is 0 Å². The largest absolute Gasteiger partial charge is 0.333 e. The van der Waals surface area contributed by atoms with Crippen LogP contribution in [0.25, 0.3) is 0 Å². The molecule has 7 heteroatoms. The summed E-state index contributed by atoms with van der Waals surface area (Å²) in [5, 5.41) is 0.465. The highest BCUT2D eigenvalue weighted by Crippen LogP contribution is 2.12. The summed E-state index contributed by atoms with van der Waals surface area (Å²) >= 11 is 0. The van der Waals surface area contributed by atoms with Crippen LogP contribution in [0.4, 0.5) is 0 Å². The molecule has 0 bridgehead atoms. The lowest BCUT2D eigenvalue weighted by Crippen LogP contribution is -2.31. The van der Waals surface area contributed by atoms with Crippen LogP contribution in [0, 0.1) is 0 Å². The molecule has 0 N–H and O–H groups in total. The van der Waals surface area contributed by atoms with Gasteiger partial charge in [-0.1, -0.05) is 28.4 Å².